The quantitative estimate of drug-likeness (QED) is 0.709. The first-order valence-electron chi connectivity index (χ1n) is 5.15. The van der Waals surface area contributed by atoms with Gasteiger partial charge >= 0.3 is 5.63 Å². The molecule has 0 atom stereocenters. The first-order valence-corrected chi connectivity index (χ1v) is 5.15. The average molecular weight is 201 g/mol. The molecule has 3 heteroatoms. The molecule has 0 aliphatic heterocycles. The Morgan fingerprint density at radius 3 is 3.00 bits per heavy atom. The summed E-state index contributed by atoms with van der Waals surface area (Å²) in [6, 6.07) is 8.15. The van der Waals surface area contributed by atoms with Gasteiger partial charge in [-0.3, -0.25) is 0 Å². The second-order valence-electron chi connectivity index (χ2n) is 3.86. The number of hydrogen-bond donors (Lipinski definition) is 1. The van der Waals surface area contributed by atoms with Gasteiger partial charge in [0.25, 0.3) is 0 Å². The van der Waals surface area contributed by atoms with Gasteiger partial charge in [-0.2, -0.15) is 0 Å². The predicted molar refractivity (Wildman–Crippen MR) is 56.8 cm³/mol. The second kappa shape index (κ2) is 3.12. The summed E-state index contributed by atoms with van der Waals surface area (Å²) in [5.41, 5.74) is 3.83. The molecule has 3 rings (SSSR count). The van der Waals surface area contributed by atoms with Crippen molar-refractivity contribution in [2.75, 3.05) is 0 Å². The molecule has 3 nitrogen and oxygen atoms in total. The average Bonchev–Trinajstić information content (AvgIpc) is 2.53. The summed E-state index contributed by atoms with van der Waals surface area (Å²) in [6.45, 7) is 0. The van der Waals surface area contributed by atoms with Crippen LogP contribution in [0.15, 0.2) is 33.6 Å². The van der Waals surface area contributed by atoms with Crippen LogP contribution in [-0.2, 0) is 12.8 Å². The van der Waals surface area contributed by atoms with E-state index in [0.29, 0.717) is 0 Å². The number of rotatable bonds is 0. The number of aromatic amines is 1. The van der Waals surface area contributed by atoms with Crippen molar-refractivity contribution in [3.8, 4) is 11.3 Å². The number of nitrogens with one attached hydrogen (secondary N) is 1. The maximum atomic E-state index is 11.4. The number of aryl methyl sites for hydroxylation is 1. The van der Waals surface area contributed by atoms with Gasteiger partial charge in [-0.15, -0.1) is 0 Å². The van der Waals surface area contributed by atoms with Crippen LogP contribution in [-0.4, -0.2) is 5.16 Å². The molecule has 0 fully saturated rings. The van der Waals surface area contributed by atoms with E-state index < -0.39 is 0 Å². The maximum absolute atomic E-state index is 11.4. The third-order valence-corrected chi connectivity index (χ3v) is 2.95. The van der Waals surface area contributed by atoms with Gasteiger partial charge in [0.05, 0.1) is 11.3 Å². The van der Waals surface area contributed by atoms with Crippen molar-refractivity contribution in [3.05, 3.63) is 45.8 Å². The minimum Gasteiger partial charge on any atom is -0.338 e. The molecule has 0 spiro atoms. The number of benzene rings is 1. The molecule has 0 radical (unpaired) electrons. The second-order valence-corrected chi connectivity index (χ2v) is 3.86. The van der Waals surface area contributed by atoms with Gasteiger partial charge in [0.1, 0.15) is 0 Å². The molecule has 0 saturated carbocycles. The summed E-state index contributed by atoms with van der Waals surface area (Å²) in [5.74, 6) is 0. The van der Waals surface area contributed by atoms with E-state index in [-0.39, 0.29) is 5.63 Å². The summed E-state index contributed by atoms with van der Waals surface area (Å²) in [4.78, 5) is 11.4. The molecule has 0 saturated heterocycles. The lowest BCUT2D eigenvalue weighted by molar-refractivity contribution is 0.391. The Hall–Kier alpha value is -1.77. The molecule has 1 aliphatic rings. The van der Waals surface area contributed by atoms with Gasteiger partial charge in [0, 0.05) is 5.56 Å². The molecule has 1 aromatic carbocycles. The summed E-state index contributed by atoms with van der Waals surface area (Å²) in [5, 5.41) is 2.73. The fourth-order valence-corrected chi connectivity index (χ4v) is 2.21. The summed E-state index contributed by atoms with van der Waals surface area (Å²) in [7, 11) is 0. The van der Waals surface area contributed by atoms with Crippen molar-refractivity contribution in [1.29, 1.82) is 0 Å². The van der Waals surface area contributed by atoms with E-state index in [0.717, 1.165) is 36.1 Å². The normalized spacial score (nSPS) is 14.1. The molecule has 1 N–H and O–H groups in total. The van der Waals surface area contributed by atoms with E-state index in [1.54, 1.807) is 0 Å². The van der Waals surface area contributed by atoms with Crippen LogP contribution in [0.25, 0.3) is 11.3 Å². The third kappa shape index (κ3) is 1.23. The van der Waals surface area contributed by atoms with E-state index >= 15 is 0 Å². The number of fused-ring (bicyclic) bond motifs is 3. The Bertz CT molecular complexity index is 551. The van der Waals surface area contributed by atoms with Gasteiger partial charge in [-0.1, -0.05) is 24.3 Å². The maximum Gasteiger partial charge on any atom is 0.361 e. The van der Waals surface area contributed by atoms with Crippen molar-refractivity contribution >= 4 is 0 Å². The van der Waals surface area contributed by atoms with E-state index in [1.807, 2.05) is 18.2 Å². The van der Waals surface area contributed by atoms with Crippen LogP contribution in [0, 0.1) is 0 Å². The molecule has 1 aliphatic carbocycles. The number of H-pyrrole nitrogens is 1. The van der Waals surface area contributed by atoms with Crippen molar-refractivity contribution in [2.45, 2.75) is 19.3 Å². The predicted octanol–water partition coefficient (Wildman–Crippen LogP) is 2.12. The van der Waals surface area contributed by atoms with Gasteiger partial charge in [-0.25, -0.2) is 9.95 Å². The Balaban J connectivity index is 2.32. The van der Waals surface area contributed by atoms with Crippen LogP contribution in [0.2, 0.25) is 0 Å². The lowest BCUT2D eigenvalue weighted by Gasteiger charge is -2.03. The van der Waals surface area contributed by atoms with Gasteiger partial charge < -0.3 is 4.52 Å². The Morgan fingerprint density at radius 1 is 1.20 bits per heavy atom. The lowest BCUT2D eigenvalue weighted by Crippen LogP contribution is -2.01. The van der Waals surface area contributed by atoms with Crippen LogP contribution in [0.4, 0.5) is 0 Å². The standard InChI is InChI=1S/C12H11NO2/c14-12-10-7-3-5-8-4-1-2-6-9(8)11(10)13-15-12/h1-2,4,6,13H,3,5,7H2. The lowest BCUT2D eigenvalue weighted by atomic mass is 10.0. The SMILES string of the molecule is O=c1o[nH]c2c1CCCc1ccccc1-2. The summed E-state index contributed by atoms with van der Waals surface area (Å²) < 4.78 is 4.85. The smallest absolute Gasteiger partial charge is 0.338 e. The number of aromatic nitrogens is 1. The Morgan fingerprint density at radius 2 is 2.07 bits per heavy atom. The molecule has 0 unspecified atom stereocenters. The molecule has 1 heterocycles. The topological polar surface area (TPSA) is 46.0 Å². The highest BCUT2D eigenvalue weighted by atomic mass is 16.5. The van der Waals surface area contributed by atoms with Crippen molar-refractivity contribution in [3.63, 3.8) is 0 Å². The molecule has 15 heavy (non-hydrogen) atoms. The van der Waals surface area contributed by atoms with E-state index in [9.17, 15) is 4.79 Å². The van der Waals surface area contributed by atoms with Crippen molar-refractivity contribution in [1.82, 2.24) is 5.16 Å². The van der Waals surface area contributed by atoms with Gasteiger partial charge in [-0.05, 0) is 24.8 Å². The molecule has 0 amide bonds. The minimum atomic E-state index is -0.221. The highest BCUT2D eigenvalue weighted by Crippen LogP contribution is 2.28. The largest absolute Gasteiger partial charge is 0.361 e. The van der Waals surface area contributed by atoms with Crippen molar-refractivity contribution in [2.24, 2.45) is 0 Å². The molecular formula is C12H11NO2. The fraction of sp³-hybridized carbons (Fsp3) is 0.250. The monoisotopic (exact) mass is 201 g/mol. The zero-order valence-corrected chi connectivity index (χ0v) is 8.25. The van der Waals surface area contributed by atoms with Crippen LogP contribution in [0.1, 0.15) is 17.5 Å². The van der Waals surface area contributed by atoms with Gasteiger partial charge in [0.15, 0.2) is 0 Å². The molecule has 76 valence electrons. The van der Waals surface area contributed by atoms with Crippen LogP contribution in [0.3, 0.4) is 0 Å². The first kappa shape index (κ1) is 8.53. The fourth-order valence-electron chi connectivity index (χ4n) is 2.21. The molecule has 2 aromatic rings. The Kier molecular flexibility index (Phi) is 1.78. The van der Waals surface area contributed by atoms with Crippen LogP contribution in [0.5, 0.6) is 0 Å². The van der Waals surface area contributed by atoms with Crippen molar-refractivity contribution < 1.29 is 4.52 Å². The molecule has 1 aromatic heterocycles. The zero-order valence-electron chi connectivity index (χ0n) is 8.25. The van der Waals surface area contributed by atoms with Crippen LogP contribution >= 0.6 is 0 Å². The minimum absolute atomic E-state index is 0.221. The first-order chi connectivity index (χ1) is 7.36. The van der Waals surface area contributed by atoms with E-state index in [1.165, 1.54) is 5.56 Å². The van der Waals surface area contributed by atoms with Gasteiger partial charge in [0.2, 0.25) is 0 Å². The Labute approximate surface area is 86.7 Å². The highest BCUT2D eigenvalue weighted by Gasteiger charge is 2.19. The van der Waals surface area contributed by atoms with E-state index in [4.69, 9.17) is 4.52 Å². The van der Waals surface area contributed by atoms with Crippen LogP contribution < -0.4 is 5.63 Å². The number of hydrogen-bond acceptors (Lipinski definition) is 2. The molecule has 0 bridgehead atoms. The molecular weight excluding hydrogens is 190 g/mol. The third-order valence-electron chi connectivity index (χ3n) is 2.95. The van der Waals surface area contributed by atoms with E-state index in [2.05, 4.69) is 11.2 Å². The summed E-state index contributed by atoms with van der Waals surface area (Å²) in [6.07, 6.45) is 2.83. The highest BCUT2D eigenvalue weighted by molar-refractivity contribution is 5.67. The zero-order chi connectivity index (χ0) is 10.3. The summed E-state index contributed by atoms with van der Waals surface area (Å²) >= 11 is 0.